The third kappa shape index (κ3) is 4.99. The molecule has 0 spiro atoms. The van der Waals surface area contributed by atoms with E-state index >= 15 is 0 Å². The SMILES string of the molecule is Cc1cc(C#N)ccc1Oc1nnc(C(F)(F)F)cc1C(=O)Nc1cccc(C(N)=O)c1. The highest BCUT2D eigenvalue weighted by Gasteiger charge is 2.35. The molecule has 3 rings (SSSR count). The number of rotatable bonds is 5. The number of benzene rings is 2. The third-order valence-electron chi connectivity index (χ3n) is 4.21. The van der Waals surface area contributed by atoms with Crippen LogP contribution in [-0.4, -0.2) is 22.0 Å². The third-order valence-corrected chi connectivity index (χ3v) is 4.21. The van der Waals surface area contributed by atoms with Crippen molar-refractivity contribution in [1.82, 2.24) is 10.2 Å². The molecule has 0 aliphatic carbocycles. The van der Waals surface area contributed by atoms with Crippen LogP contribution >= 0.6 is 0 Å². The van der Waals surface area contributed by atoms with Crippen molar-refractivity contribution < 1.29 is 27.5 Å². The lowest BCUT2D eigenvalue weighted by Crippen LogP contribution is -2.18. The summed E-state index contributed by atoms with van der Waals surface area (Å²) in [5.41, 5.74) is 4.33. The number of hydrogen-bond acceptors (Lipinski definition) is 6. The van der Waals surface area contributed by atoms with Gasteiger partial charge in [-0.15, -0.1) is 10.2 Å². The van der Waals surface area contributed by atoms with E-state index in [-0.39, 0.29) is 17.0 Å². The van der Waals surface area contributed by atoms with E-state index in [1.165, 1.54) is 42.5 Å². The summed E-state index contributed by atoms with van der Waals surface area (Å²) in [6, 6.07) is 12.4. The Morgan fingerprint density at radius 3 is 2.50 bits per heavy atom. The molecule has 32 heavy (non-hydrogen) atoms. The van der Waals surface area contributed by atoms with Gasteiger partial charge in [0.15, 0.2) is 5.69 Å². The summed E-state index contributed by atoms with van der Waals surface area (Å²) in [7, 11) is 0. The molecule has 2 amide bonds. The minimum atomic E-state index is -4.85. The molecule has 162 valence electrons. The zero-order chi connectivity index (χ0) is 23.5. The van der Waals surface area contributed by atoms with Crippen LogP contribution in [-0.2, 0) is 6.18 Å². The fourth-order valence-corrected chi connectivity index (χ4v) is 2.64. The number of nitrogens with two attached hydrogens (primary N) is 1. The van der Waals surface area contributed by atoms with E-state index in [0.29, 0.717) is 17.2 Å². The molecule has 1 heterocycles. The molecule has 1 aromatic heterocycles. The summed E-state index contributed by atoms with van der Waals surface area (Å²) < 4.78 is 45.0. The van der Waals surface area contributed by atoms with Gasteiger partial charge in [-0.05, 0) is 55.0 Å². The highest BCUT2D eigenvalue weighted by Crippen LogP contribution is 2.32. The number of primary amides is 1. The van der Waals surface area contributed by atoms with Gasteiger partial charge in [0.25, 0.3) is 11.8 Å². The van der Waals surface area contributed by atoms with Crippen LogP contribution in [0.25, 0.3) is 0 Å². The van der Waals surface area contributed by atoms with Crippen LogP contribution in [0.15, 0.2) is 48.5 Å². The first-order chi connectivity index (χ1) is 15.1. The summed E-state index contributed by atoms with van der Waals surface area (Å²) in [6.45, 7) is 1.61. The van der Waals surface area contributed by atoms with Crippen molar-refractivity contribution in [2.75, 3.05) is 5.32 Å². The van der Waals surface area contributed by atoms with Gasteiger partial charge in [-0.3, -0.25) is 9.59 Å². The van der Waals surface area contributed by atoms with Crippen LogP contribution in [0.3, 0.4) is 0 Å². The van der Waals surface area contributed by atoms with Gasteiger partial charge >= 0.3 is 6.18 Å². The maximum absolute atomic E-state index is 13.1. The number of hydrogen-bond donors (Lipinski definition) is 2. The van der Waals surface area contributed by atoms with Crippen molar-refractivity contribution in [2.24, 2.45) is 5.73 Å². The molecule has 0 unspecified atom stereocenters. The first kappa shape index (κ1) is 22.2. The Kier molecular flexibility index (Phi) is 6.06. The van der Waals surface area contributed by atoms with E-state index in [1.54, 1.807) is 6.92 Å². The predicted octanol–water partition coefficient (Wildman–Crippen LogP) is 3.82. The zero-order valence-corrected chi connectivity index (χ0v) is 16.4. The van der Waals surface area contributed by atoms with E-state index in [2.05, 4.69) is 15.5 Å². The minimum absolute atomic E-state index is 0.0938. The van der Waals surface area contributed by atoms with Crippen LogP contribution in [0.5, 0.6) is 11.6 Å². The van der Waals surface area contributed by atoms with Gasteiger partial charge in [-0.1, -0.05) is 6.07 Å². The monoisotopic (exact) mass is 441 g/mol. The first-order valence-electron chi connectivity index (χ1n) is 8.93. The number of nitrogens with one attached hydrogen (secondary N) is 1. The number of nitriles is 1. The molecule has 11 heteroatoms. The molecule has 0 saturated heterocycles. The van der Waals surface area contributed by atoms with E-state index in [9.17, 15) is 22.8 Å². The fraction of sp³-hybridized carbons (Fsp3) is 0.0952. The Balaban J connectivity index is 2.00. The highest BCUT2D eigenvalue weighted by atomic mass is 19.4. The summed E-state index contributed by atoms with van der Waals surface area (Å²) in [6.07, 6.45) is -4.85. The molecular formula is C21H14F3N5O3. The van der Waals surface area contributed by atoms with Gasteiger partial charge in [0.2, 0.25) is 5.91 Å². The largest absolute Gasteiger partial charge is 0.437 e. The van der Waals surface area contributed by atoms with Crippen LogP contribution in [0, 0.1) is 18.3 Å². The molecular weight excluding hydrogens is 427 g/mol. The number of alkyl halides is 3. The molecule has 2 aromatic carbocycles. The lowest BCUT2D eigenvalue weighted by atomic mass is 10.1. The van der Waals surface area contributed by atoms with E-state index in [4.69, 9.17) is 15.7 Å². The van der Waals surface area contributed by atoms with E-state index in [1.807, 2.05) is 6.07 Å². The summed E-state index contributed by atoms with van der Waals surface area (Å²) >= 11 is 0. The highest BCUT2D eigenvalue weighted by molar-refractivity contribution is 6.06. The van der Waals surface area contributed by atoms with Gasteiger partial charge in [0.05, 0.1) is 11.6 Å². The number of anilines is 1. The number of aromatic nitrogens is 2. The minimum Gasteiger partial charge on any atom is -0.437 e. The molecule has 3 aromatic rings. The Bertz CT molecular complexity index is 1250. The van der Waals surface area contributed by atoms with Gasteiger partial charge in [0, 0.05) is 11.3 Å². The number of nitrogens with zero attached hydrogens (tertiary/aromatic N) is 3. The Hall–Kier alpha value is -4.46. The fourth-order valence-electron chi connectivity index (χ4n) is 2.64. The number of carbonyl (C=O) groups is 2. The second kappa shape index (κ2) is 8.73. The molecule has 0 atom stereocenters. The van der Waals surface area contributed by atoms with Crippen LogP contribution in [0.4, 0.5) is 18.9 Å². The van der Waals surface area contributed by atoms with Crippen molar-refractivity contribution >= 4 is 17.5 Å². The molecule has 0 radical (unpaired) electrons. The molecule has 0 fully saturated rings. The van der Waals surface area contributed by atoms with Gasteiger partial charge < -0.3 is 15.8 Å². The first-order valence-corrected chi connectivity index (χ1v) is 8.93. The Labute approximate surface area is 179 Å². The average molecular weight is 441 g/mol. The van der Waals surface area contributed by atoms with Crippen LogP contribution in [0.2, 0.25) is 0 Å². The van der Waals surface area contributed by atoms with Crippen molar-refractivity contribution in [1.29, 1.82) is 5.26 Å². The summed E-state index contributed by atoms with van der Waals surface area (Å²) in [5.74, 6) is -2.03. The lowest BCUT2D eigenvalue weighted by Gasteiger charge is -2.14. The van der Waals surface area contributed by atoms with Gasteiger partial charge in [-0.25, -0.2) is 0 Å². The summed E-state index contributed by atoms with van der Waals surface area (Å²) in [5, 5.41) is 17.9. The Morgan fingerprint density at radius 1 is 1.12 bits per heavy atom. The van der Waals surface area contributed by atoms with Crippen molar-refractivity contribution in [3.8, 4) is 17.7 Å². The zero-order valence-electron chi connectivity index (χ0n) is 16.4. The molecule has 3 N–H and O–H groups in total. The molecule has 0 aliphatic rings. The normalized spacial score (nSPS) is 10.8. The second-order valence-corrected chi connectivity index (χ2v) is 6.54. The molecule has 0 saturated carbocycles. The van der Waals surface area contributed by atoms with Crippen LogP contribution in [0.1, 0.15) is 37.5 Å². The van der Waals surface area contributed by atoms with Gasteiger partial charge in [0.1, 0.15) is 11.3 Å². The quantitative estimate of drug-likeness (QED) is 0.619. The lowest BCUT2D eigenvalue weighted by molar-refractivity contribution is -0.141. The van der Waals surface area contributed by atoms with Crippen molar-refractivity contribution in [3.05, 3.63) is 76.5 Å². The number of halogens is 3. The maximum Gasteiger partial charge on any atom is 0.435 e. The molecule has 8 nitrogen and oxygen atoms in total. The maximum atomic E-state index is 13.1. The van der Waals surface area contributed by atoms with Crippen molar-refractivity contribution in [3.63, 3.8) is 0 Å². The molecule has 0 bridgehead atoms. The Morgan fingerprint density at radius 2 is 1.88 bits per heavy atom. The topological polar surface area (TPSA) is 131 Å². The predicted molar refractivity (Wildman–Crippen MR) is 106 cm³/mol. The van der Waals surface area contributed by atoms with E-state index in [0.717, 1.165) is 0 Å². The molecule has 0 aliphatic heterocycles. The summed E-state index contributed by atoms with van der Waals surface area (Å²) in [4.78, 5) is 24.1. The van der Waals surface area contributed by atoms with Crippen molar-refractivity contribution in [2.45, 2.75) is 13.1 Å². The van der Waals surface area contributed by atoms with Gasteiger partial charge in [-0.2, -0.15) is 18.4 Å². The standard InChI is InChI=1S/C21H14F3N5O3/c1-11-7-12(10-25)5-6-16(11)32-20-15(9-17(28-29-20)21(22,23)24)19(31)27-14-4-2-3-13(8-14)18(26)30/h2-9H,1H3,(H2,26,30)(H,27,31). The number of aryl methyl sites for hydroxylation is 1. The number of ether oxygens (including phenoxy) is 1. The number of amides is 2. The van der Waals surface area contributed by atoms with Crippen LogP contribution < -0.4 is 15.8 Å². The van der Waals surface area contributed by atoms with E-state index < -0.39 is 35.1 Å². The second-order valence-electron chi connectivity index (χ2n) is 6.54. The smallest absolute Gasteiger partial charge is 0.435 e. The number of carbonyl (C=O) groups excluding carboxylic acids is 2. The average Bonchev–Trinajstić information content (AvgIpc) is 2.74.